The summed E-state index contributed by atoms with van der Waals surface area (Å²) in [4.78, 5) is 4.67. The molecule has 0 aliphatic heterocycles. The van der Waals surface area contributed by atoms with Gasteiger partial charge in [-0.2, -0.15) is 0 Å². The van der Waals surface area contributed by atoms with Crippen molar-refractivity contribution >= 4 is 84.6 Å². The first-order chi connectivity index (χ1) is 19.9. The van der Waals surface area contributed by atoms with Crippen LogP contribution in [-0.2, 0) is 0 Å². The summed E-state index contributed by atoms with van der Waals surface area (Å²) in [7, 11) is 0. The van der Waals surface area contributed by atoms with Crippen LogP contribution in [0, 0.1) is 0 Å². The Morgan fingerprint density at radius 1 is 0.375 bits per heavy atom. The van der Waals surface area contributed by atoms with E-state index in [0.717, 1.165) is 0 Å². The zero-order valence-corrected chi connectivity index (χ0v) is 23.0. The van der Waals surface area contributed by atoms with Crippen LogP contribution in [0.25, 0.3) is 84.1 Å². The molecule has 0 aliphatic rings. The van der Waals surface area contributed by atoms with Crippen molar-refractivity contribution in [1.29, 1.82) is 0 Å². The number of benzene rings is 6. The Kier molecular flexibility index (Phi) is 4.71. The molecule has 0 saturated carbocycles. The maximum atomic E-state index is 4.67. The van der Waals surface area contributed by atoms with Gasteiger partial charge in [-0.05, 0) is 39.9 Å². The third-order valence-electron chi connectivity index (χ3n) is 8.17. The zero-order valence-electron chi connectivity index (χ0n) is 21.4. The molecule has 3 heterocycles. The zero-order chi connectivity index (χ0) is 26.2. The summed E-state index contributed by atoms with van der Waals surface area (Å²) in [6.45, 7) is 0. The molecule has 0 radical (unpaired) electrons. The molecule has 0 aliphatic carbocycles. The Morgan fingerprint density at radius 3 is 1.40 bits per heavy atom. The SMILES string of the molecule is c1ccc2c(c1)sc1c(-c3c4ccccc4c(-c4cccc5c4sc4ccccc45)c4cnccc34)cccc12. The molecule has 0 unspecified atom stereocenters. The van der Waals surface area contributed by atoms with Crippen molar-refractivity contribution < 1.29 is 0 Å². The van der Waals surface area contributed by atoms with E-state index < -0.39 is 0 Å². The minimum absolute atomic E-state index is 1.19. The fourth-order valence-corrected chi connectivity index (χ4v) is 8.93. The van der Waals surface area contributed by atoms with Crippen LogP contribution < -0.4 is 0 Å². The quantitative estimate of drug-likeness (QED) is 0.198. The summed E-state index contributed by atoms with van der Waals surface area (Å²) < 4.78 is 5.32. The summed E-state index contributed by atoms with van der Waals surface area (Å²) in [5.74, 6) is 0. The normalized spacial score (nSPS) is 12.0. The molecule has 0 spiro atoms. The van der Waals surface area contributed by atoms with Gasteiger partial charge < -0.3 is 0 Å². The molecule has 0 atom stereocenters. The first kappa shape index (κ1) is 22.3. The molecule has 9 aromatic rings. The van der Waals surface area contributed by atoms with Gasteiger partial charge in [-0.3, -0.25) is 4.98 Å². The van der Waals surface area contributed by atoms with Gasteiger partial charge in [0.2, 0.25) is 0 Å². The van der Waals surface area contributed by atoms with Gasteiger partial charge in [0.15, 0.2) is 0 Å². The predicted octanol–water partition coefficient (Wildman–Crippen LogP) is 11.5. The van der Waals surface area contributed by atoms with E-state index in [0.29, 0.717) is 0 Å². The first-order valence-corrected chi connectivity index (χ1v) is 15.1. The summed E-state index contributed by atoms with van der Waals surface area (Å²) in [6, 6.07) is 42.2. The van der Waals surface area contributed by atoms with Gasteiger partial charge in [0.25, 0.3) is 0 Å². The van der Waals surface area contributed by atoms with Crippen molar-refractivity contribution in [1.82, 2.24) is 4.98 Å². The van der Waals surface area contributed by atoms with Crippen molar-refractivity contribution in [3.8, 4) is 22.3 Å². The van der Waals surface area contributed by atoms with Crippen molar-refractivity contribution in [2.24, 2.45) is 0 Å². The number of hydrogen-bond acceptors (Lipinski definition) is 3. The molecular weight excluding hydrogens is 523 g/mol. The second-order valence-electron chi connectivity index (χ2n) is 10.3. The summed E-state index contributed by atoms with van der Waals surface area (Å²) >= 11 is 3.78. The summed E-state index contributed by atoms with van der Waals surface area (Å²) in [5.41, 5.74) is 5.12. The lowest BCUT2D eigenvalue weighted by Gasteiger charge is -2.18. The number of pyridine rings is 1. The molecule has 0 fully saturated rings. The van der Waals surface area contributed by atoms with Crippen molar-refractivity contribution in [2.75, 3.05) is 0 Å². The molecule has 1 nitrogen and oxygen atoms in total. The molecule has 3 heteroatoms. The Morgan fingerprint density at radius 2 is 0.825 bits per heavy atom. The second kappa shape index (κ2) is 8.46. The van der Waals surface area contributed by atoms with Crippen molar-refractivity contribution in [3.05, 3.63) is 128 Å². The molecule has 40 heavy (non-hydrogen) atoms. The lowest BCUT2D eigenvalue weighted by Crippen LogP contribution is -1.91. The van der Waals surface area contributed by atoms with Gasteiger partial charge in [-0.15, -0.1) is 22.7 Å². The van der Waals surface area contributed by atoms with Crippen LogP contribution in [0.2, 0.25) is 0 Å². The number of thiophene rings is 2. The molecule has 6 aromatic carbocycles. The van der Waals surface area contributed by atoms with Crippen LogP contribution in [0.3, 0.4) is 0 Å². The van der Waals surface area contributed by atoms with Crippen molar-refractivity contribution in [3.63, 3.8) is 0 Å². The Bertz CT molecular complexity index is 2220. The van der Waals surface area contributed by atoms with E-state index in [-0.39, 0.29) is 0 Å². The van der Waals surface area contributed by atoms with Crippen LogP contribution >= 0.6 is 22.7 Å². The standard InChI is InChI=1S/C37H21NS2/c1-2-12-25-24(11-1)34(29-15-7-13-27-22-9-3-5-17-32(22)39-36(27)29)26-19-20-38-21-31(26)35(25)30-16-8-14-28-23-10-4-6-18-33(23)40-37(28)30/h1-21H. The highest BCUT2D eigenvalue weighted by Gasteiger charge is 2.21. The summed E-state index contributed by atoms with van der Waals surface area (Å²) in [5, 5.41) is 10.3. The van der Waals surface area contributed by atoms with Crippen LogP contribution in [0.1, 0.15) is 0 Å². The minimum atomic E-state index is 1.19. The number of hydrogen-bond donors (Lipinski definition) is 0. The third kappa shape index (κ3) is 3.05. The molecule has 186 valence electrons. The largest absolute Gasteiger partial charge is 0.264 e. The number of rotatable bonds is 2. The highest BCUT2D eigenvalue weighted by Crippen LogP contribution is 2.49. The number of fused-ring (bicyclic) bond motifs is 8. The maximum Gasteiger partial charge on any atom is 0.0434 e. The van der Waals surface area contributed by atoms with Crippen LogP contribution in [0.4, 0.5) is 0 Å². The maximum absolute atomic E-state index is 4.67. The topological polar surface area (TPSA) is 12.9 Å². The Labute approximate surface area is 238 Å². The second-order valence-corrected chi connectivity index (χ2v) is 12.4. The van der Waals surface area contributed by atoms with E-state index in [1.54, 1.807) is 0 Å². The first-order valence-electron chi connectivity index (χ1n) is 13.5. The van der Waals surface area contributed by atoms with Gasteiger partial charge in [0.05, 0.1) is 0 Å². The predicted molar refractivity (Wildman–Crippen MR) is 176 cm³/mol. The number of nitrogens with zero attached hydrogens (tertiary/aromatic N) is 1. The molecule has 0 bridgehead atoms. The molecule has 9 rings (SSSR count). The van der Waals surface area contributed by atoms with Crippen LogP contribution in [0.15, 0.2) is 128 Å². The third-order valence-corrected chi connectivity index (χ3v) is 10.6. The minimum Gasteiger partial charge on any atom is -0.264 e. The highest BCUT2D eigenvalue weighted by molar-refractivity contribution is 7.26. The molecule has 0 saturated heterocycles. The average Bonchev–Trinajstić information content (AvgIpc) is 3.59. The van der Waals surface area contributed by atoms with Crippen molar-refractivity contribution in [2.45, 2.75) is 0 Å². The van der Waals surface area contributed by atoms with E-state index in [4.69, 9.17) is 0 Å². The van der Waals surface area contributed by atoms with E-state index >= 15 is 0 Å². The van der Waals surface area contributed by atoms with E-state index in [2.05, 4.69) is 126 Å². The fourth-order valence-electron chi connectivity index (χ4n) is 6.49. The van der Waals surface area contributed by atoms with Gasteiger partial charge in [0, 0.05) is 74.8 Å². The Balaban J connectivity index is 1.46. The van der Waals surface area contributed by atoms with Gasteiger partial charge in [-0.1, -0.05) is 97.1 Å². The molecule has 0 amide bonds. The van der Waals surface area contributed by atoms with Crippen LogP contribution in [-0.4, -0.2) is 4.98 Å². The molecule has 3 aromatic heterocycles. The van der Waals surface area contributed by atoms with E-state index in [1.807, 2.05) is 28.9 Å². The molecular formula is C37H21NS2. The molecule has 0 N–H and O–H groups in total. The average molecular weight is 544 g/mol. The van der Waals surface area contributed by atoms with Gasteiger partial charge in [-0.25, -0.2) is 0 Å². The monoisotopic (exact) mass is 543 g/mol. The van der Waals surface area contributed by atoms with E-state index in [1.165, 1.54) is 84.1 Å². The van der Waals surface area contributed by atoms with Gasteiger partial charge >= 0.3 is 0 Å². The highest BCUT2D eigenvalue weighted by atomic mass is 32.1. The number of aromatic nitrogens is 1. The lowest BCUT2D eigenvalue weighted by atomic mass is 9.86. The van der Waals surface area contributed by atoms with E-state index in [9.17, 15) is 0 Å². The van der Waals surface area contributed by atoms with Crippen LogP contribution in [0.5, 0.6) is 0 Å². The Hall–Kier alpha value is -4.57. The smallest absolute Gasteiger partial charge is 0.0434 e. The summed E-state index contributed by atoms with van der Waals surface area (Å²) in [6.07, 6.45) is 4.01. The van der Waals surface area contributed by atoms with Gasteiger partial charge in [0.1, 0.15) is 0 Å². The fraction of sp³-hybridized carbons (Fsp3) is 0. The lowest BCUT2D eigenvalue weighted by molar-refractivity contribution is 1.37.